The first-order valence-corrected chi connectivity index (χ1v) is 6.46. The van der Waals surface area contributed by atoms with Crippen LogP contribution in [0.2, 0.25) is 0 Å². The van der Waals surface area contributed by atoms with E-state index in [1.165, 1.54) is 37.4 Å². The van der Waals surface area contributed by atoms with Crippen molar-refractivity contribution in [1.29, 1.82) is 0 Å². The molecule has 0 aromatic carbocycles. The van der Waals surface area contributed by atoms with Gasteiger partial charge in [-0.05, 0) is 37.2 Å². The van der Waals surface area contributed by atoms with Crippen LogP contribution in [0.1, 0.15) is 31.7 Å². The lowest BCUT2D eigenvalue weighted by Gasteiger charge is -2.32. The van der Waals surface area contributed by atoms with E-state index in [1.54, 1.807) is 11.5 Å². The van der Waals surface area contributed by atoms with E-state index in [4.69, 9.17) is 5.73 Å². The molecule has 1 fully saturated rings. The first-order chi connectivity index (χ1) is 7.22. The Labute approximate surface area is 95.4 Å². The molecule has 2 rings (SSSR count). The highest BCUT2D eigenvalue weighted by Gasteiger charge is 2.21. The number of hydrogen-bond acceptors (Lipinski definition) is 4. The van der Waals surface area contributed by atoms with Crippen LogP contribution in [0.4, 0.5) is 10.8 Å². The van der Waals surface area contributed by atoms with Gasteiger partial charge in [0.15, 0.2) is 0 Å². The van der Waals surface area contributed by atoms with Gasteiger partial charge in [0, 0.05) is 18.7 Å². The summed E-state index contributed by atoms with van der Waals surface area (Å²) >= 11 is 1.54. The van der Waals surface area contributed by atoms with Crippen LogP contribution in [0, 0.1) is 12.8 Å². The summed E-state index contributed by atoms with van der Waals surface area (Å²) in [6.07, 6.45) is 3.94. The molecule has 0 amide bonds. The minimum absolute atomic E-state index is 0.701. The number of hydrogen-bond donors (Lipinski definition) is 1. The third-order valence-corrected chi connectivity index (χ3v) is 4.44. The van der Waals surface area contributed by atoms with Crippen LogP contribution in [0.5, 0.6) is 0 Å². The molecule has 0 unspecified atom stereocenters. The molecule has 0 aliphatic carbocycles. The molecular formula is C11H19N3S. The summed E-state index contributed by atoms with van der Waals surface area (Å²) in [5.74, 6) is 1.62. The summed E-state index contributed by atoms with van der Waals surface area (Å²) < 4.78 is 4.21. The molecule has 84 valence electrons. The van der Waals surface area contributed by atoms with Crippen LogP contribution in [0.25, 0.3) is 0 Å². The quantitative estimate of drug-likeness (QED) is 0.841. The van der Waals surface area contributed by atoms with E-state index in [0.29, 0.717) is 5.82 Å². The highest BCUT2D eigenvalue weighted by molar-refractivity contribution is 7.10. The summed E-state index contributed by atoms with van der Waals surface area (Å²) in [5.41, 5.74) is 6.94. The molecular weight excluding hydrogens is 206 g/mol. The van der Waals surface area contributed by atoms with E-state index in [1.807, 2.05) is 0 Å². The lowest BCUT2D eigenvalue weighted by molar-refractivity contribution is 0.396. The molecule has 15 heavy (non-hydrogen) atoms. The lowest BCUT2D eigenvalue weighted by Crippen LogP contribution is -2.33. The molecule has 1 aliphatic heterocycles. The van der Waals surface area contributed by atoms with Crippen molar-refractivity contribution in [2.45, 2.75) is 33.1 Å². The van der Waals surface area contributed by atoms with E-state index in [9.17, 15) is 0 Å². The van der Waals surface area contributed by atoms with E-state index < -0.39 is 0 Å². The first-order valence-electron chi connectivity index (χ1n) is 5.69. The molecule has 0 bridgehead atoms. The number of piperidine rings is 1. The number of aromatic nitrogens is 1. The van der Waals surface area contributed by atoms with E-state index in [0.717, 1.165) is 11.5 Å². The molecule has 4 heteroatoms. The van der Waals surface area contributed by atoms with Gasteiger partial charge in [-0.1, -0.05) is 13.3 Å². The van der Waals surface area contributed by atoms with Crippen LogP contribution >= 0.6 is 11.5 Å². The summed E-state index contributed by atoms with van der Waals surface area (Å²) in [5, 5.41) is 1.28. The Morgan fingerprint density at radius 3 is 2.60 bits per heavy atom. The normalized spacial score (nSPS) is 18.4. The number of nitrogen functional groups attached to an aromatic ring is 1. The highest BCUT2D eigenvalue weighted by atomic mass is 32.1. The van der Waals surface area contributed by atoms with Crippen molar-refractivity contribution in [2.75, 3.05) is 23.7 Å². The Morgan fingerprint density at radius 1 is 1.47 bits per heavy atom. The Kier molecular flexibility index (Phi) is 3.14. The van der Waals surface area contributed by atoms with Gasteiger partial charge in [0.2, 0.25) is 0 Å². The van der Waals surface area contributed by atoms with Gasteiger partial charge in [-0.2, -0.15) is 4.37 Å². The summed E-state index contributed by atoms with van der Waals surface area (Å²) in [6.45, 7) is 6.69. The fourth-order valence-electron chi connectivity index (χ4n) is 2.18. The van der Waals surface area contributed by atoms with Crippen molar-refractivity contribution in [1.82, 2.24) is 4.37 Å². The second-order valence-corrected chi connectivity index (χ2v) is 5.09. The minimum Gasteiger partial charge on any atom is -0.383 e. The van der Waals surface area contributed by atoms with Gasteiger partial charge in [-0.3, -0.25) is 0 Å². The maximum atomic E-state index is 5.77. The Balaban J connectivity index is 2.04. The average molecular weight is 225 g/mol. The predicted molar refractivity (Wildman–Crippen MR) is 66.5 cm³/mol. The average Bonchev–Trinajstić information content (AvgIpc) is 2.60. The molecule has 1 aromatic heterocycles. The lowest BCUT2D eigenvalue weighted by atomic mass is 9.94. The monoisotopic (exact) mass is 225 g/mol. The molecule has 0 atom stereocenters. The predicted octanol–water partition coefficient (Wildman–Crippen LogP) is 2.66. The maximum Gasteiger partial charge on any atom is 0.142 e. The van der Waals surface area contributed by atoms with Crippen molar-refractivity contribution in [3.8, 4) is 0 Å². The van der Waals surface area contributed by atoms with Gasteiger partial charge in [-0.25, -0.2) is 0 Å². The fraction of sp³-hybridized carbons (Fsp3) is 0.727. The third-order valence-electron chi connectivity index (χ3n) is 3.41. The third kappa shape index (κ3) is 2.09. The minimum atomic E-state index is 0.701. The SMILES string of the molecule is CCC1CCN(c2snc(N)c2C)CC1. The van der Waals surface area contributed by atoms with Gasteiger partial charge in [0.25, 0.3) is 0 Å². The van der Waals surface area contributed by atoms with Gasteiger partial charge < -0.3 is 10.6 Å². The standard InChI is InChI=1S/C11H19N3S/c1-3-9-4-6-14(7-5-9)11-8(2)10(12)13-15-11/h9H,3-7H2,1-2H3,(H2,12,13). The molecule has 1 saturated heterocycles. The zero-order valence-corrected chi connectivity index (χ0v) is 10.3. The smallest absolute Gasteiger partial charge is 0.142 e. The van der Waals surface area contributed by atoms with Gasteiger partial charge in [-0.15, -0.1) is 0 Å². The van der Waals surface area contributed by atoms with Crippen LogP contribution in [-0.2, 0) is 0 Å². The molecule has 3 nitrogen and oxygen atoms in total. The second kappa shape index (κ2) is 4.39. The Morgan fingerprint density at radius 2 is 2.13 bits per heavy atom. The Hall–Kier alpha value is -0.770. The zero-order valence-electron chi connectivity index (χ0n) is 9.49. The molecule has 1 aliphatic rings. The number of nitrogens with two attached hydrogens (primary N) is 1. The number of anilines is 2. The van der Waals surface area contributed by atoms with E-state index in [2.05, 4.69) is 23.1 Å². The van der Waals surface area contributed by atoms with Crippen LogP contribution in [0.15, 0.2) is 0 Å². The van der Waals surface area contributed by atoms with Crippen molar-refractivity contribution < 1.29 is 0 Å². The zero-order chi connectivity index (χ0) is 10.8. The molecule has 0 radical (unpaired) electrons. The van der Waals surface area contributed by atoms with E-state index >= 15 is 0 Å². The molecule has 1 aromatic rings. The second-order valence-electron chi connectivity index (χ2n) is 4.34. The highest BCUT2D eigenvalue weighted by Crippen LogP contribution is 2.32. The number of rotatable bonds is 2. The Bertz CT molecular complexity index is 327. The molecule has 0 spiro atoms. The molecule has 0 saturated carbocycles. The molecule has 2 N–H and O–H groups in total. The van der Waals surface area contributed by atoms with Crippen molar-refractivity contribution in [2.24, 2.45) is 5.92 Å². The van der Waals surface area contributed by atoms with Crippen molar-refractivity contribution >= 4 is 22.4 Å². The van der Waals surface area contributed by atoms with Gasteiger partial charge in [0.1, 0.15) is 10.8 Å². The van der Waals surface area contributed by atoms with Crippen LogP contribution in [-0.4, -0.2) is 17.5 Å². The summed E-state index contributed by atoms with van der Waals surface area (Å²) in [7, 11) is 0. The topological polar surface area (TPSA) is 42.2 Å². The first kappa shape index (κ1) is 10.7. The van der Waals surface area contributed by atoms with Crippen LogP contribution < -0.4 is 10.6 Å². The largest absolute Gasteiger partial charge is 0.383 e. The fourth-order valence-corrected chi connectivity index (χ4v) is 3.04. The van der Waals surface area contributed by atoms with E-state index in [-0.39, 0.29) is 0 Å². The van der Waals surface area contributed by atoms with Gasteiger partial charge in [0.05, 0.1) is 0 Å². The van der Waals surface area contributed by atoms with Gasteiger partial charge >= 0.3 is 0 Å². The van der Waals surface area contributed by atoms with Crippen molar-refractivity contribution in [3.63, 3.8) is 0 Å². The van der Waals surface area contributed by atoms with Crippen LogP contribution in [0.3, 0.4) is 0 Å². The summed E-state index contributed by atoms with van der Waals surface area (Å²) in [6, 6.07) is 0. The maximum absolute atomic E-state index is 5.77. The van der Waals surface area contributed by atoms with Crippen molar-refractivity contribution in [3.05, 3.63) is 5.56 Å². The molecule has 2 heterocycles. The number of nitrogens with zero attached hydrogens (tertiary/aromatic N) is 2. The summed E-state index contributed by atoms with van der Waals surface area (Å²) in [4.78, 5) is 2.44.